The molecule has 278 valence electrons. The lowest BCUT2D eigenvalue weighted by atomic mass is 10.0. The number of rotatable bonds is 4. The summed E-state index contributed by atoms with van der Waals surface area (Å²) < 4.78 is 9.52. The maximum Gasteiger partial charge on any atom is 0.167 e. The molecule has 0 fully saturated rings. The van der Waals surface area contributed by atoms with E-state index in [9.17, 15) is 0 Å². The summed E-state index contributed by atoms with van der Waals surface area (Å²) in [4.78, 5) is 15.4. The van der Waals surface area contributed by atoms with Crippen LogP contribution in [0.4, 0.5) is 0 Å². The maximum absolute atomic E-state index is 7.08. The van der Waals surface area contributed by atoms with Crippen molar-refractivity contribution < 1.29 is 4.42 Å². The zero-order chi connectivity index (χ0) is 39.3. The quantitative estimate of drug-likeness (QED) is 0.179. The molecule has 0 unspecified atom stereocenters. The van der Waals surface area contributed by atoms with Crippen LogP contribution in [0.5, 0.6) is 0 Å². The summed E-state index contributed by atoms with van der Waals surface area (Å²) in [6.07, 6.45) is 0. The first kappa shape index (κ1) is 32.9. The summed E-state index contributed by atoms with van der Waals surface area (Å²) in [5.74, 6) is 1.77. The Morgan fingerprint density at radius 2 is 0.883 bits per heavy atom. The van der Waals surface area contributed by atoms with E-state index in [2.05, 4.69) is 168 Å². The molecule has 5 heteroatoms. The molecular weight excluding hydrogens is 733 g/mol. The highest BCUT2D eigenvalue weighted by atomic mass is 16.3. The van der Waals surface area contributed by atoms with Gasteiger partial charge in [-0.2, -0.15) is 0 Å². The van der Waals surface area contributed by atoms with E-state index in [4.69, 9.17) is 19.4 Å². The van der Waals surface area contributed by atoms with Gasteiger partial charge in [0, 0.05) is 44.1 Å². The third kappa shape index (κ3) is 4.96. The summed E-state index contributed by atoms with van der Waals surface area (Å²) in [7, 11) is 0. The van der Waals surface area contributed by atoms with Crippen molar-refractivity contribution in [3.8, 4) is 39.9 Å². The van der Waals surface area contributed by atoms with Gasteiger partial charge < -0.3 is 8.98 Å². The van der Waals surface area contributed by atoms with Crippen LogP contribution < -0.4 is 0 Å². The highest BCUT2D eigenvalue weighted by Gasteiger charge is 2.22. The highest BCUT2D eigenvalue weighted by Crippen LogP contribution is 2.44. The zero-order valence-corrected chi connectivity index (χ0v) is 32.2. The van der Waals surface area contributed by atoms with Crippen LogP contribution in [-0.4, -0.2) is 19.5 Å². The first-order valence-electron chi connectivity index (χ1n) is 20.3. The van der Waals surface area contributed by atoms with Crippen molar-refractivity contribution in [1.82, 2.24) is 19.5 Å². The molecule has 0 aliphatic carbocycles. The number of aromatic nitrogens is 4. The van der Waals surface area contributed by atoms with Crippen molar-refractivity contribution in [2.45, 2.75) is 0 Å². The fraction of sp³-hybridized carbons (Fsp3) is 0. The molecule has 3 aromatic heterocycles. The maximum atomic E-state index is 7.08. The van der Waals surface area contributed by atoms with Crippen LogP contribution in [0.3, 0.4) is 0 Å². The van der Waals surface area contributed by atoms with E-state index in [1.54, 1.807) is 0 Å². The van der Waals surface area contributed by atoms with Crippen molar-refractivity contribution in [3.05, 3.63) is 194 Å². The van der Waals surface area contributed by atoms with Crippen LogP contribution >= 0.6 is 0 Å². The fourth-order valence-corrected chi connectivity index (χ4v) is 9.32. The van der Waals surface area contributed by atoms with Crippen LogP contribution in [-0.2, 0) is 0 Å². The summed E-state index contributed by atoms with van der Waals surface area (Å²) in [6.45, 7) is 0. The Labute approximate surface area is 343 Å². The lowest BCUT2D eigenvalue weighted by Crippen LogP contribution is -2.00. The molecule has 0 bridgehead atoms. The molecule has 0 saturated heterocycles. The molecule has 60 heavy (non-hydrogen) atoms. The van der Waals surface area contributed by atoms with Crippen LogP contribution in [0, 0.1) is 0 Å². The molecule has 3 heterocycles. The summed E-state index contributed by atoms with van der Waals surface area (Å²) in [5.41, 5.74) is 7.56. The summed E-state index contributed by atoms with van der Waals surface area (Å²) >= 11 is 0. The topological polar surface area (TPSA) is 56.7 Å². The van der Waals surface area contributed by atoms with E-state index in [0.29, 0.717) is 17.5 Å². The van der Waals surface area contributed by atoms with E-state index in [1.165, 1.54) is 37.7 Å². The van der Waals surface area contributed by atoms with Gasteiger partial charge in [-0.05, 0) is 74.1 Å². The van der Waals surface area contributed by atoms with E-state index in [1.807, 2.05) is 30.3 Å². The first-order chi connectivity index (χ1) is 29.7. The minimum absolute atomic E-state index is 0.558. The van der Waals surface area contributed by atoms with Gasteiger partial charge in [-0.25, -0.2) is 15.0 Å². The monoisotopic (exact) mass is 764 g/mol. The van der Waals surface area contributed by atoms with Crippen LogP contribution in [0.2, 0.25) is 0 Å². The zero-order valence-electron chi connectivity index (χ0n) is 32.2. The standard InChI is InChI=1S/C55H32N4O/c1-2-14-34(15-3-1)53-56-54(40-26-25-33-13-4-5-16-35(33)27-40)58-55(57-53)44-24-12-23-43-51-42-22-11-10-21-41(42)49(32-50(51)60-52(43)44)59-47-30-38-19-8-6-17-36(38)28-45(47)46-29-37-18-7-9-20-39(37)31-48(46)59/h1-32H. The lowest BCUT2D eigenvalue weighted by Gasteiger charge is -2.13. The first-order valence-corrected chi connectivity index (χ1v) is 20.3. The number of hydrogen-bond acceptors (Lipinski definition) is 4. The van der Waals surface area contributed by atoms with Gasteiger partial charge >= 0.3 is 0 Å². The van der Waals surface area contributed by atoms with Gasteiger partial charge in [0.15, 0.2) is 17.5 Å². The molecule has 0 spiro atoms. The van der Waals surface area contributed by atoms with Gasteiger partial charge in [-0.3, -0.25) is 0 Å². The number of para-hydroxylation sites is 1. The van der Waals surface area contributed by atoms with Gasteiger partial charge in [0.1, 0.15) is 11.2 Å². The third-order valence-electron chi connectivity index (χ3n) is 12.1. The summed E-state index contributed by atoms with van der Waals surface area (Å²) in [5, 5.41) is 13.9. The molecule has 10 aromatic carbocycles. The average Bonchev–Trinajstić information content (AvgIpc) is 3.84. The SMILES string of the molecule is c1ccc(-c2nc(-c3ccc4ccccc4c3)nc(-c3cccc4c3oc3cc(-n5c6cc7ccccc7cc6c6cc7ccccc7cc65)c5ccccc5c34)n2)cc1. The smallest absolute Gasteiger partial charge is 0.167 e. The molecule has 0 radical (unpaired) electrons. The molecule has 13 rings (SSSR count). The number of furan rings is 1. The fourth-order valence-electron chi connectivity index (χ4n) is 9.32. The lowest BCUT2D eigenvalue weighted by molar-refractivity contribution is 0.669. The van der Waals surface area contributed by atoms with Crippen molar-refractivity contribution in [3.63, 3.8) is 0 Å². The van der Waals surface area contributed by atoms with E-state index in [-0.39, 0.29) is 0 Å². The second-order valence-corrected chi connectivity index (χ2v) is 15.6. The number of fused-ring (bicyclic) bond motifs is 11. The van der Waals surface area contributed by atoms with Gasteiger partial charge in [-0.15, -0.1) is 0 Å². The molecule has 5 nitrogen and oxygen atoms in total. The van der Waals surface area contributed by atoms with Crippen molar-refractivity contribution in [1.29, 1.82) is 0 Å². The Kier molecular flexibility index (Phi) is 6.95. The molecule has 0 saturated carbocycles. The second kappa shape index (κ2) is 12.7. The largest absolute Gasteiger partial charge is 0.455 e. The van der Waals surface area contributed by atoms with Gasteiger partial charge in [0.2, 0.25) is 0 Å². The highest BCUT2D eigenvalue weighted by molar-refractivity contribution is 6.24. The van der Waals surface area contributed by atoms with Crippen molar-refractivity contribution >= 4 is 86.8 Å². The van der Waals surface area contributed by atoms with Gasteiger partial charge in [-0.1, -0.05) is 152 Å². The van der Waals surface area contributed by atoms with Crippen LogP contribution in [0.1, 0.15) is 0 Å². The molecule has 0 atom stereocenters. The molecule has 0 amide bonds. The van der Waals surface area contributed by atoms with Gasteiger partial charge in [0.05, 0.1) is 22.3 Å². The van der Waals surface area contributed by atoms with Crippen LogP contribution in [0.15, 0.2) is 199 Å². The van der Waals surface area contributed by atoms with Gasteiger partial charge in [0.25, 0.3) is 0 Å². The Bertz CT molecular complexity index is 3810. The van der Waals surface area contributed by atoms with E-state index < -0.39 is 0 Å². The van der Waals surface area contributed by atoms with Crippen molar-refractivity contribution in [2.75, 3.05) is 0 Å². The van der Waals surface area contributed by atoms with Crippen LogP contribution in [0.25, 0.3) is 127 Å². The molecular formula is C55H32N4O. The molecule has 0 N–H and O–H groups in total. The predicted molar refractivity (Wildman–Crippen MR) is 248 cm³/mol. The van der Waals surface area contributed by atoms with Crippen molar-refractivity contribution in [2.24, 2.45) is 0 Å². The molecule has 0 aliphatic rings. The second-order valence-electron chi connectivity index (χ2n) is 15.6. The summed E-state index contributed by atoms with van der Waals surface area (Å²) in [6, 6.07) is 68.7. The minimum Gasteiger partial charge on any atom is -0.455 e. The Hall–Kier alpha value is -8.15. The normalized spacial score (nSPS) is 12.0. The van der Waals surface area contributed by atoms with E-state index >= 15 is 0 Å². The molecule has 13 aromatic rings. The third-order valence-corrected chi connectivity index (χ3v) is 12.1. The Morgan fingerprint density at radius 3 is 1.57 bits per heavy atom. The number of hydrogen-bond donors (Lipinski definition) is 0. The Morgan fingerprint density at radius 1 is 0.350 bits per heavy atom. The molecule has 0 aliphatic heterocycles. The number of benzene rings is 10. The predicted octanol–water partition coefficient (Wildman–Crippen LogP) is 14.5. The minimum atomic E-state index is 0.558. The van der Waals surface area contributed by atoms with E-state index in [0.717, 1.165) is 71.5 Å². The Balaban J connectivity index is 1.09. The number of nitrogens with zero attached hydrogens (tertiary/aromatic N) is 4. The average molecular weight is 765 g/mol.